The van der Waals surface area contributed by atoms with Gasteiger partial charge in [-0.05, 0) is 37.5 Å². The number of rotatable bonds is 2. The first-order chi connectivity index (χ1) is 8.72. The van der Waals surface area contributed by atoms with E-state index in [1.807, 2.05) is 0 Å². The number of hydrogen-bond donors (Lipinski definition) is 1. The van der Waals surface area contributed by atoms with Crippen LogP contribution in [0.1, 0.15) is 32.6 Å². The Morgan fingerprint density at radius 2 is 2.17 bits per heavy atom. The maximum absolute atomic E-state index is 12.8. The second-order valence-electron chi connectivity index (χ2n) is 6.10. The van der Waals surface area contributed by atoms with E-state index in [4.69, 9.17) is 10.5 Å². The minimum Gasteiger partial charge on any atom is -0.377 e. The molecule has 2 saturated carbocycles. The lowest BCUT2D eigenvalue weighted by Gasteiger charge is -2.39. The molecule has 4 heteroatoms. The lowest BCUT2D eigenvalue weighted by atomic mass is 9.83. The number of ether oxygens (including phenoxy) is 1. The van der Waals surface area contributed by atoms with Crippen molar-refractivity contribution in [3.63, 3.8) is 0 Å². The van der Waals surface area contributed by atoms with Crippen LogP contribution in [0.25, 0.3) is 0 Å². The van der Waals surface area contributed by atoms with Crippen LogP contribution in [-0.4, -0.2) is 42.6 Å². The van der Waals surface area contributed by atoms with Crippen LogP contribution in [0.4, 0.5) is 0 Å². The van der Waals surface area contributed by atoms with E-state index in [0.29, 0.717) is 31.0 Å². The van der Waals surface area contributed by atoms with Crippen LogP contribution in [0.3, 0.4) is 0 Å². The molecule has 0 aromatic rings. The molecular weight excluding hydrogens is 228 g/mol. The van der Waals surface area contributed by atoms with Gasteiger partial charge in [0.1, 0.15) is 0 Å². The Morgan fingerprint density at radius 1 is 1.39 bits per heavy atom. The van der Waals surface area contributed by atoms with Crippen LogP contribution in [0.2, 0.25) is 0 Å². The quantitative estimate of drug-likeness (QED) is 0.797. The van der Waals surface area contributed by atoms with E-state index < -0.39 is 0 Å². The molecular formula is C14H24N2O2. The fourth-order valence-electron chi connectivity index (χ4n) is 4.18. The van der Waals surface area contributed by atoms with Crippen LogP contribution >= 0.6 is 0 Å². The second-order valence-corrected chi connectivity index (χ2v) is 6.10. The fourth-order valence-corrected chi connectivity index (χ4v) is 4.18. The Bertz CT molecular complexity index is 332. The molecule has 3 fully saturated rings. The van der Waals surface area contributed by atoms with E-state index in [1.54, 1.807) is 0 Å². The van der Waals surface area contributed by atoms with Gasteiger partial charge >= 0.3 is 0 Å². The van der Waals surface area contributed by atoms with Gasteiger partial charge in [-0.2, -0.15) is 0 Å². The first-order valence-electron chi connectivity index (χ1n) is 7.36. The van der Waals surface area contributed by atoms with Crippen molar-refractivity contribution in [2.24, 2.45) is 23.5 Å². The number of nitrogens with two attached hydrogens (primary N) is 1. The van der Waals surface area contributed by atoms with Gasteiger partial charge < -0.3 is 15.4 Å². The Kier molecular flexibility index (Phi) is 3.32. The summed E-state index contributed by atoms with van der Waals surface area (Å²) in [5.74, 6) is 1.56. The average Bonchev–Trinajstić information content (AvgIpc) is 2.98. The lowest BCUT2D eigenvalue weighted by molar-refractivity contribution is -0.146. The molecule has 102 valence electrons. The largest absolute Gasteiger partial charge is 0.377 e. The topological polar surface area (TPSA) is 55.6 Å². The Hall–Kier alpha value is -0.610. The lowest BCUT2D eigenvalue weighted by Crippen LogP contribution is -2.54. The summed E-state index contributed by atoms with van der Waals surface area (Å²) in [6.45, 7) is 4.24. The highest BCUT2D eigenvalue weighted by molar-refractivity contribution is 5.81. The number of hydrogen-bond acceptors (Lipinski definition) is 3. The SMILES string of the molecule is CCC1COCCN1C(=O)C1C2CCC(C2)C1N. The van der Waals surface area contributed by atoms with E-state index in [0.717, 1.165) is 13.0 Å². The maximum atomic E-state index is 12.8. The molecule has 5 atom stereocenters. The smallest absolute Gasteiger partial charge is 0.227 e. The number of carbonyl (C=O) groups is 1. The van der Waals surface area contributed by atoms with E-state index in [2.05, 4.69) is 11.8 Å². The van der Waals surface area contributed by atoms with Crippen molar-refractivity contribution in [2.75, 3.05) is 19.8 Å². The molecule has 1 amide bonds. The average molecular weight is 252 g/mol. The van der Waals surface area contributed by atoms with Crippen LogP contribution in [0.15, 0.2) is 0 Å². The van der Waals surface area contributed by atoms with E-state index in [-0.39, 0.29) is 18.0 Å². The molecule has 0 aromatic carbocycles. The number of fused-ring (bicyclic) bond motifs is 2. The summed E-state index contributed by atoms with van der Waals surface area (Å²) in [5.41, 5.74) is 6.28. The summed E-state index contributed by atoms with van der Waals surface area (Å²) >= 11 is 0. The predicted molar refractivity (Wildman–Crippen MR) is 68.9 cm³/mol. The van der Waals surface area contributed by atoms with Gasteiger partial charge in [-0.1, -0.05) is 6.92 Å². The molecule has 3 rings (SSSR count). The first-order valence-corrected chi connectivity index (χ1v) is 7.36. The summed E-state index contributed by atoms with van der Waals surface area (Å²) < 4.78 is 5.48. The summed E-state index contributed by atoms with van der Waals surface area (Å²) in [6.07, 6.45) is 4.59. The molecule has 0 aromatic heterocycles. The molecule has 3 aliphatic rings. The zero-order valence-electron chi connectivity index (χ0n) is 11.2. The third-order valence-corrected chi connectivity index (χ3v) is 5.25. The highest BCUT2D eigenvalue weighted by Gasteiger charge is 2.50. The molecule has 2 N–H and O–H groups in total. The van der Waals surface area contributed by atoms with Crippen molar-refractivity contribution in [3.05, 3.63) is 0 Å². The van der Waals surface area contributed by atoms with Gasteiger partial charge in [0.2, 0.25) is 5.91 Å². The van der Waals surface area contributed by atoms with E-state index >= 15 is 0 Å². The van der Waals surface area contributed by atoms with E-state index in [1.165, 1.54) is 19.3 Å². The summed E-state index contributed by atoms with van der Waals surface area (Å²) in [5, 5.41) is 0. The monoisotopic (exact) mass is 252 g/mol. The van der Waals surface area contributed by atoms with Crippen molar-refractivity contribution in [3.8, 4) is 0 Å². The van der Waals surface area contributed by atoms with E-state index in [9.17, 15) is 4.79 Å². The number of amides is 1. The fraction of sp³-hybridized carbons (Fsp3) is 0.929. The Morgan fingerprint density at radius 3 is 2.83 bits per heavy atom. The molecule has 5 unspecified atom stereocenters. The molecule has 2 bridgehead atoms. The van der Waals surface area contributed by atoms with Gasteiger partial charge in [0, 0.05) is 12.6 Å². The van der Waals surface area contributed by atoms with Crippen molar-refractivity contribution in [1.29, 1.82) is 0 Å². The zero-order valence-corrected chi connectivity index (χ0v) is 11.2. The minimum atomic E-state index is 0.0934. The van der Waals surface area contributed by atoms with Gasteiger partial charge in [-0.25, -0.2) is 0 Å². The maximum Gasteiger partial charge on any atom is 0.227 e. The Labute approximate surface area is 109 Å². The third kappa shape index (κ3) is 1.86. The summed E-state index contributed by atoms with van der Waals surface area (Å²) in [4.78, 5) is 14.8. The number of nitrogens with zero attached hydrogens (tertiary/aromatic N) is 1. The molecule has 1 heterocycles. The minimum absolute atomic E-state index is 0.0934. The van der Waals surface area contributed by atoms with Crippen molar-refractivity contribution in [2.45, 2.75) is 44.7 Å². The molecule has 0 radical (unpaired) electrons. The molecule has 4 nitrogen and oxygen atoms in total. The second kappa shape index (κ2) is 4.82. The molecule has 1 aliphatic heterocycles. The molecule has 2 aliphatic carbocycles. The molecule has 0 spiro atoms. The normalized spacial score (nSPS) is 43.4. The van der Waals surface area contributed by atoms with Crippen molar-refractivity contribution in [1.82, 2.24) is 4.90 Å². The van der Waals surface area contributed by atoms with Crippen LogP contribution in [0.5, 0.6) is 0 Å². The van der Waals surface area contributed by atoms with Gasteiger partial charge in [0.05, 0.1) is 25.2 Å². The number of morpholine rings is 1. The summed E-state index contributed by atoms with van der Waals surface area (Å²) in [6, 6.07) is 0.370. The third-order valence-electron chi connectivity index (χ3n) is 5.25. The van der Waals surface area contributed by atoms with Gasteiger partial charge in [0.25, 0.3) is 0 Å². The summed E-state index contributed by atoms with van der Waals surface area (Å²) in [7, 11) is 0. The van der Waals surface area contributed by atoms with Crippen molar-refractivity contribution >= 4 is 5.91 Å². The standard InChI is InChI=1S/C14H24N2O2/c1-2-11-8-18-6-5-16(11)14(17)12-9-3-4-10(7-9)13(12)15/h9-13H,2-8,15H2,1H3. The van der Waals surface area contributed by atoms with Gasteiger partial charge in [0.15, 0.2) is 0 Å². The van der Waals surface area contributed by atoms with Gasteiger partial charge in [-0.3, -0.25) is 4.79 Å². The number of carbonyl (C=O) groups excluding carboxylic acids is 1. The molecule has 1 saturated heterocycles. The van der Waals surface area contributed by atoms with Crippen LogP contribution in [0, 0.1) is 17.8 Å². The van der Waals surface area contributed by atoms with Crippen molar-refractivity contribution < 1.29 is 9.53 Å². The first kappa shape index (κ1) is 12.4. The van der Waals surface area contributed by atoms with Crippen LogP contribution in [-0.2, 0) is 9.53 Å². The molecule has 18 heavy (non-hydrogen) atoms. The Balaban J connectivity index is 1.73. The zero-order chi connectivity index (χ0) is 12.7. The van der Waals surface area contributed by atoms with Gasteiger partial charge in [-0.15, -0.1) is 0 Å². The van der Waals surface area contributed by atoms with Crippen LogP contribution < -0.4 is 5.73 Å². The highest BCUT2D eigenvalue weighted by atomic mass is 16.5. The highest BCUT2D eigenvalue weighted by Crippen LogP contribution is 2.48. The predicted octanol–water partition coefficient (Wildman–Crippen LogP) is 0.997.